The van der Waals surface area contributed by atoms with Crippen molar-refractivity contribution in [3.05, 3.63) is 70.5 Å². The Hall–Kier alpha value is -2.93. The van der Waals surface area contributed by atoms with Crippen LogP contribution in [0.1, 0.15) is 47.4 Å². The van der Waals surface area contributed by atoms with Crippen LogP contribution in [0.4, 0.5) is 4.39 Å². The van der Waals surface area contributed by atoms with Crippen molar-refractivity contribution in [1.82, 2.24) is 15.1 Å². The Labute approximate surface area is 198 Å². The maximum Gasteiger partial charge on any atom is 0.253 e. The highest BCUT2D eigenvalue weighted by molar-refractivity contribution is 6.30. The second-order valence-electron chi connectivity index (χ2n) is 8.11. The lowest BCUT2D eigenvalue weighted by Gasteiger charge is -2.37. The van der Waals surface area contributed by atoms with Gasteiger partial charge in [0.15, 0.2) is 0 Å². The van der Waals surface area contributed by atoms with Crippen molar-refractivity contribution in [2.45, 2.75) is 32.7 Å². The predicted octanol–water partition coefficient (Wildman–Crippen LogP) is 4.00. The van der Waals surface area contributed by atoms with Gasteiger partial charge in [0.05, 0.1) is 0 Å². The number of amides is 3. The third-order valence-electron chi connectivity index (χ3n) is 6.12. The average Bonchev–Trinajstić information content (AvgIpc) is 2.83. The smallest absolute Gasteiger partial charge is 0.253 e. The number of hydrogen-bond acceptors (Lipinski definition) is 3. The molecule has 2 aromatic carbocycles. The summed E-state index contributed by atoms with van der Waals surface area (Å²) in [5, 5.41) is 3.45. The van der Waals surface area contributed by atoms with Crippen LogP contribution in [0.3, 0.4) is 0 Å². The van der Waals surface area contributed by atoms with E-state index in [0.29, 0.717) is 55.2 Å². The monoisotopic (exact) mass is 473 g/mol. The molecule has 0 radical (unpaired) electrons. The quantitative estimate of drug-likeness (QED) is 0.660. The molecule has 1 aliphatic heterocycles. The molecule has 0 saturated carbocycles. The molecule has 0 spiro atoms. The highest BCUT2D eigenvalue weighted by Gasteiger charge is 2.35. The lowest BCUT2D eigenvalue weighted by atomic mass is 9.87. The summed E-state index contributed by atoms with van der Waals surface area (Å²) in [6.45, 7) is 5.83. The van der Waals surface area contributed by atoms with Crippen LogP contribution < -0.4 is 5.32 Å². The van der Waals surface area contributed by atoms with Crippen molar-refractivity contribution in [2.75, 3.05) is 26.2 Å². The molecule has 2 aromatic rings. The van der Waals surface area contributed by atoms with E-state index in [0.717, 1.165) is 0 Å². The minimum Gasteiger partial charge on any atom is -0.341 e. The fraction of sp³-hybridized carbons (Fsp3) is 0.400. The molecule has 1 N–H and O–H groups in total. The number of hydrogen-bond donors (Lipinski definition) is 1. The Kier molecular flexibility index (Phi) is 8.44. The Morgan fingerprint density at radius 2 is 1.55 bits per heavy atom. The van der Waals surface area contributed by atoms with Gasteiger partial charge >= 0.3 is 0 Å². The summed E-state index contributed by atoms with van der Waals surface area (Å²) in [7, 11) is 0. The molecule has 1 heterocycles. The van der Waals surface area contributed by atoms with Crippen LogP contribution in [0.2, 0.25) is 5.02 Å². The van der Waals surface area contributed by atoms with Gasteiger partial charge in [-0.1, -0.05) is 11.6 Å². The highest BCUT2D eigenvalue weighted by Crippen LogP contribution is 2.24. The largest absolute Gasteiger partial charge is 0.341 e. The normalized spacial score (nSPS) is 15.1. The molecular formula is C25H29ClFN3O3. The van der Waals surface area contributed by atoms with Gasteiger partial charge in [-0.2, -0.15) is 0 Å². The standard InChI is InChI=1S/C25H29ClFN3O3/c1-3-29(4-2)25(33)22(28-23(31)18-7-11-21(27)12-8-18)17-13-15-30(16-14-17)24(32)19-5-9-20(26)10-6-19/h5-12,17,22H,3-4,13-16H2,1-2H3,(H,28,31)/t22-/m0/s1. The van der Waals surface area contributed by atoms with Gasteiger partial charge in [-0.05, 0) is 81.1 Å². The number of halogens is 2. The van der Waals surface area contributed by atoms with Gasteiger partial charge in [-0.3, -0.25) is 14.4 Å². The van der Waals surface area contributed by atoms with Gasteiger partial charge < -0.3 is 15.1 Å². The van der Waals surface area contributed by atoms with Gasteiger partial charge in [0, 0.05) is 42.3 Å². The molecule has 176 valence electrons. The van der Waals surface area contributed by atoms with Crippen molar-refractivity contribution in [3.8, 4) is 0 Å². The Morgan fingerprint density at radius 3 is 2.09 bits per heavy atom. The molecule has 8 heteroatoms. The first kappa shape index (κ1) is 24.7. The van der Waals surface area contributed by atoms with E-state index in [1.807, 2.05) is 13.8 Å². The van der Waals surface area contributed by atoms with Crippen LogP contribution in [0, 0.1) is 11.7 Å². The number of piperidine rings is 1. The number of nitrogens with one attached hydrogen (secondary N) is 1. The first-order valence-corrected chi connectivity index (χ1v) is 11.6. The number of nitrogens with zero attached hydrogens (tertiary/aromatic N) is 2. The van der Waals surface area contributed by atoms with Crippen molar-refractivity contribution in [2.24, 2.45) is 5.92 Å². The lowest BCUT2D eigenvalue weighted by molar-refractivity contribution is -0.134. The summed E-state index contributed by atoms with van der Waals surface area (Å²) in [6.07, 6.45) is 1.17. The summed E-state index contributed by atoms with van der Waals surface area (Å²) in [4.78, 5) is 42.4. The van der Waals surface area contributed by atoms with Crippen molar-refractivity contribution < 1.29 is 18.8 Å². The zero-order valence-electron chi connectivity index (χ0n) is 18.9. The zero-order chi connectivity index (χ0) is 24.0. The van der Waals surface area contributed by atoms with Crippen molar-refractivity contribution in [3.63, 3.8) is 0 Å². The number of likely N-dealkylation sites (N-methyl/N-ethyl adjacent to an activating group) is 1. The molecule has 1 aliphatic rings. The van der Waals surface area contributed by atoms with Gasteiger partial charge in [-0.25, -0.2) is 4.39 Å². The summed E-state index contributed by atoms with van der Waals surface area (Å²) >= 11 is 5.91. The molecule has 1 atom stereocenters. The van der Waals surface area contributed by atoms with E-state index in [1.54, 1.807) is 34.1 Å². The maximum atomic E-state index is 13.3. The van der Waals surface area contributed by atoms with Crippen LogP contribution in [0.15, 0.2) is 48.5 Å². The summed E-state index contributed by atoms with van der Waals surface area (Å²) in [5.74, 6) is -1.18. The number of carbonyl (C=O) groups is 3. The van der Waals surface area contributed by atoms with E-state index in [2.05, 4.69) is 5.32 Å². The predicted molar refractivity (Wildman–Crippen MR) is 126 cm³/mol. The van der Waals surface area contributed by atoms with Gasteiger partial charge in [-0.15, -0.1) is 0 Å². The summed E-state index contributed by atoms with van der Waals surface area (Å²) in [5.41, 5.74) is 0.863. The van der Waals surface area contributed by atoms with E-state index in [1.165, 1.54) is 24.3 Å². The Balaban J connectivity index is 1.72. The van der Waals surface area contributed by atoms with Crippen LogP contribution in [-0.4, -0.2) is 59.7 Å². The van der Waals surface area contributed by atoms with E-state index < -0.39 is 17.8 Å². The minimum absolute atomic E-state index is 0.0768. The fourth-order valence-electron chi connectivity index (χ4n) is 4.15. The second kappa shape index (κ2) is 11.3. The molecule has 0 bridgehead atoms. The zero-order valence-corrected chi connectivity index (χ0v) is 19.6. The molecule has 6 nitrogen and oxygen atoms in total. The molecular weight excluding hydrogens is 445 g/mol. The van der Waals surface area contributed by atoms with Gasteiger partial charge in [0.1, 0.15) is 11.9 Å². The first-order chi connectivity index (χ1) is 15.8. The van der Waals surface area contributed by atoms with Crippen LogP contribution in [-0.2, 0) is 4.79 Å². The number of benzene rings is 2. The van der Waals surface area contributed by atoms with Crippen LogP contribution in [0.5, 0.6) is 0 Å². The highest BCUT2D eigenvalue weighted by atomic mass is 35.5. The average molecular weight is 474 g/mol. The third kappa shape index (κ3) is 6.11. The summed E-state index contributed by atoms with van der Waals surface area (Å²) < 4.78 is 13.2. The first-order valence-electron chi connectivity index (χ1n) is 11.2. The number of likely N-dealkylation sites (tertiary alicyclic amines) is 1. The molecule has 3 amide bonds. The van der Waals surface area contributed by atoms with E-state index >= 15 is 0 Å². The number of rotatable bonds is 7. The maximum absolute atomic E-state index is 13.3. The van der Waals surface area contributed by atoms with E-state index in [4.69, 9.17) is 11.6 Å². The minimum atomic E-state index is -0.713. The summed E-state index contributed by atoms with van der Waals surface area (Å²) in [6, 6.07) is 11.3. The number of carbonyl (C=O) groups excluding carboxylic acids is 3. The van der Waals surface area contributed by atoms with E-state index in [9.17, 15) is 18.8 Å². The molecule has 0 aromatic heterocycles. The fourth-order valence-corrected chi connectivity index (χ4v) is 4.28. The molecule has 33 heavy (non-hydrogen) atoms. The van der Waals surface area contributed by atoms with Crippen LogP contribution >= 0.6 is 11.6 Å². The Bertz CT molecular complexity index is 969. The van der Waals surface area contributed by atoms with Crippen LogP contribution in [0.25, 0.3) is 0 Å². The van der Waals surface area contributed by atoms with Crippen molar-refractivity contribution >= 4 is 29.3 Å². The molecule has 1 fully saturated rings. The molecule has 1 saturated heterocycles. The molecule has 3 rings (SSSR count). The van der Waals surface area contributed by atoms with Crippen molar-refractivity contribution in [1.29, 1.82) is 0 Å². The molecule has 0 aliphatic carbocycles. The molecule has 0 unspecified atom stereocenters. The second-order valence-corrected chi connectivity index (χ2v) is 8.54. The van der Waals surface area contributed by atoms with Gasteiger partial charge in [0.2, 0.25) is 5.91 Å². The lowest BCUT2D eigenvalue weighted by Crippen LogP contribution is -2.54. The van der Waals surface area contributed by atoms with Gasteiger partial charge in [0.25, 0.3) is 11.8 Å². The Morgan fingerprint density at radius 1 is 1.00 bits per heavy atom. The SMILES string of the molecule is CCN(CC)C(=O)[C@@H](NC(=O)c1ccc(F)cc1)C1CCN(C(=O)c2ccc(Cl)cc2)CC1. The van der Waals surface area contributed by atoms with E-state index in [-0.39, 0.29) is 17.7 Å². The topological polar surface area (TPSA) is 69.7 Å². The third-order valence-corrected chi connectivity index (χ3v) is 6.38.